The molecule has 1 rings (SSSR count). The normalized spacial score (nSPS) is 19.7. The van der Waals surface area contributed by atoms with Gasteiger partial charge in [0.1, 0.15) is 0 Å². The maximum Gasteiger partial charge on any atom is 0.306 e. The smallest absolute Gasteiger partial charge is 0.306 e. The fourth-order valence-electron chi connectivity index (χ4n) is 2.61. The largest absolute Gasteiger partial charge is 0.501 e. The lowest BCUT2D eigenvalue weighted by Gasteiger charge is -2.33. The van der Waals surface area contributed by atoms with Crippen molar-refractivity contribution >= 4 is 11.9 Å². The Kier molecular flexibility index (Phi) is 10.6. The molecule has 7 nitrogen and oxygen atoms in total. The molecule has 0 aromatic carbocycles. The van der Waals surface area contributed by atoms with Crippen LogP contribution in [-0.4, -0.2) is 66.0 Å². The summed E-state index contributed by atoms with van der Waals surface area (Å²) in [5, 5.41) is 18.5. The molecular formula is C18H29NO6. The molecule has 0 bridgehead atoms. The molecule has 2 atom stereocenters. The van der Waals surface area contributed by atoms with E-state index in [0.29, 0.717) is 26.0 Å². The van der Waals surface area contributed by atoms with E-state index < -0.39 is 12.1 Å². The summed E-state index contributed by atoms with van der Waals surface area (Å²) in [7, 11) is 1.63. The molecule has 1 amide bonds. The molecule has 1 heterocycles. The van der Waals surface area contributed by atoms with Gasteiger partial charge >= 0.3 is 5.97 Å². The summed E-state index contributed by atoms with van der Waals surface area (Å²) in [5.74, 6) is -0.834. The van der Waals surface area contributed by atoms with Crippen LogP contribution in [0.15, 0.2) is 24.5 Å². The zero-order valence-electron chi connectivity index (χ0n) is 14.8. The van der Waals surface area contributed by atoms with Gasteiger partial charge in [-0.1, -0.05) is 12.2 Å². The number of hydrogen-bond acceptors (Lipinski definition) is 5. The third kappa shape index (κ3) is 9.26. The minimum absolute atomic E-state index is 0.0398. The Labute approximate surface area is 148 Å². The molecule has 1 saturated heterocycles. The average molecular weight is 355 g/mol. The minimum Gasteiger partial charge on any atom is -0.501 e. The second kappa shape index (κ2) is 12.5. The Hall–Kier alpha value is -1.86. The van der Waals surface area contributed by atoms with Gasteiger partial charge in [0.05, 0.1) is 31.4 Å². The number of aliphatic hydroxyl groups excluding tert-OH is 1. The van der Waals surface area contributed by atoms with Crippen LogP contribution in [0.1, 0.15) is 38.5 Å². The van der Waals surface area contributed by atoms with Gasteiger partial charge in [-0.3, -0.25) is 9.59 Å². The second-order valence-corrected chi connectivity index (χ2v) is 5.98. The van der Waals surface area contributed by atoms with Crippen molar-refractivity contribution in [1.82, 2.24) is 4.90 Å². The summed E-state index contributed by atoms with van der Waals surface area (Å²) < 4.78 is 10.1. The first kappa shape index (κ1) is 21.2. The van der Waals surface area contributed by atoms with Crippen LogP contribution in [0.3, 0.4) is 0 Å². The first-order valence-electron chi connectivity index (χ1n) is 8.67. The van der Waals surface area contributed by atoms with Crippen molar-refractivity contribution in [2.45, 2.75) is 50.7 Å². The highest BCUT2D eigenvalue weighted by Crippen LogP contribution is 2.19. The molecule has 0 saturated carbocycles. The van der Waals surface area contributed by atoms with E-state index in [1.54, 1.807) is 24.2 Å². The van der Waals surface area contributed by atoms with E-state index in [4.69, 9.17) is 14.6 Å². The van der Waals surface area contributed by atoms with E-state index in [2.05, 4.69) is 0 Å². The molecule has 0 spiro atoms. The first-order chi connectivity index (χ1) is 12.0. The molecule has 2 N–H and O–H groups in total. The highest BCUT2D eigenvalue weighted by atomic mass is 16.5. The van der Waals surface area contributed by atoms with E-state index in [9.17, 15) is 14.7 Å². The van der Waals surface area contributed by atoms with Crippen LogP contribution in [0.25, 0.3) is 0 Å². The third-order valence-electron chi connectivity index (χ3n) is 3.94. The SMILES string of the molecule is COCCCC(O)/C=C/[C@H]1CCCC(=O)N1C/C=C\OCCC(=O)O. The number of aliphatic carboxylic acids is 1. The van der Waals surface area contributed by atoms with Crippen molar-refractivity contribution in [1.29, 1.82) is 0 Å². The first-order valence-corrected chi connectivity index (χ1v) is 8.67. The standard InChI is InChI=1S/C18H29NO6/c1-24-12-3-6-16(20)9-8-15-5-2-7-17(21)19(15)11-4-13-25-14-10-18(22)23/h4,8-9,13,15-16,20H,2-3,5-7,10-12,14H2,1H3,(H,22,23)/b9-8+,13-4-/t15-,16?/m1/s1. The van der Waals surface area contributed by atoms with Gasteiger partial charge in [-0.15, -0.1) is 0 Å². The van der Waals surface area contributed by atoms with Gasteiger partial charge in [-0.2, -0.15) is 0 Å². The Morgan fingerprint density at radius 2 is 2.24 bits per heavy atom. The maximum atomic E-state index is 12.1. The van der Waals surface area contributed by atoms with Crippen LogP contribution in [0.5, 0.6) is 0 Å². The van der Waals surface area contributed by atoms with Crippen molar-refractivity contribution in [3.8, 4) is 0 Å². The lowest BCUT2D eigenvalue weighted by Crippen LogP contribution is -2.42. The summed E-state index contributed by atoms with van der Waals surface area (Å²) in [6.07, 6.45) is 9.83. The van der Waals surface area contributed by atoms with Crippen molar-refractivity contribution in [3.05, 3.63) is 24.5 Å². The van der Waals surface area contributed by atoms with E-state index in [-0.39, 0.29) is 25.0 Å². The predicted molar refractivity (Wildman–Crippen MR) is 93.0 cm³/mol. The van der Waals surface area contributed by atoms with Gasteiger partial charge in [0, 0.05) is 26.7 Å². The molecule has 7 heteroatoms. The Morgan fingerprint density at radius 1 is 1.44 bits per heavy atom. The Morgan fingerprint density at radius 3 is 2.96 bits per heavy atom. The number of nitrogens with zero attached hydrogens (tertiary/aromatic N) is 1. The second-order valence-electron chi connectivity index (χ2n) is 5.98. The average Bonchev–Trinajstić information content (AvgIpc) is 2.57. The van der Waals surface area contributed by atoms with Crippen molar-refractivity contribution in [2.24, 2.45) is 0 Å². The number of piperidine rings is 1. The molecule has 0 aliphatic carbocycles. The van der Waals surface area contributed by atoms with E-state index in [0.717, 1.165) is 19.3 Å². The topological polar surface area (TPSA) is 96.3 Å². The Bertz CT molecular complexity index is 462. The summed E-state index contributed by atoms with van der Waals surface area (Å²) in [6.45, 7) is 1.13. The monoisotopic (exact) mass is 355 g/mol. The van der Waals surface area contributed by atoms with Gasteiger partial charge in [-0.25, -0.2) is 0 Å². The quantitative estimate of drug-likeness (QED) is 0.314. The maximum absolute atomic E-state index is 12.1. The molecule has 1 aliphatic heterocycles. The van der Waals surface area contributed by atoms with Gasteiger partial charge in [0.15, 0.2) is 0 Å². The lowest BCUT2D eigenvalue weighted by atomic mass is 10.00. The molecular weight excluding hydrogens is 326 g/mol. The molecule has 0 radical (unpaired) electrons. The number of ether oxygens (including phenoxy) is 2. The molecule has 1 fully saturated rings. The summed E-state index contributed by atoms with van der Waals surface area (Å²) in [6, 6.07) is -0.0398. The molecule has 1 unspecified atom stereocenters. The van der Waals surface area contributed by atoms with Crippen LogP contribution in [0.2, 0.25) is 0 Å². The number of carboxylic acid groups (broad SMARTS) is 1. The fraction of sp³-hybridized carbons (Fsp3) is 0.667. The van der Waals surface area contributed by atoms with Crippen LogP contribution >= 0.6 is 0 Å². The lowest BCUT2D eigenvalue weighted by molar-refractivity contribution is -0.137. The summed E-state index contributed by atoms with van der Waals surface area (Å²) in [5.41, 5.74) is 0. The number of amides is 1. The number of carboxylic acids is 1. The summed E-state index contributed by atoms with van der Waals surface area (Å²) >= 11 is 0. The number of likely N-dealkylation sites (tertiary alicyclic amines) is 1. The zero-order chi connectivity index (χ0) is 18.5. The zero-order valence-corrected chi connectivity index (χ0v) is 14.8. The number of hydrogen-bond donors (Lipinski definition) is 2. The number of carbonyl (C=O) groups is 2. The summed E-state index contributed by atoms with van der Waals surface area (Å²) in [4.78, 5) is 24.3. The van der Waals surface area contributed by atoms with Crippen LogP contribution < -0.4 is 0 Å². The molecule has 25 heavy (non-hydrogen) atoms. The van der Waals surface area contributed by atoms with E-state index >= 15 is 0 Å². The number of rotatable bonds is 12. The molecule has 1 aliphatic rings. The fourth-order valence-corrected chi connectivity index (χ4v) is 2.61. The molecule has 0 aromatic heterocycles. The van der Waals surface area contributed by atoms with E-state index in [1.165, 1.54) is 6.26 Å². The minimum atomic E-state index is -0.908. The van der Waals surface area contributed by atoms with Crippen molar-refractivity contribution in [3.63, 3.8) is 0 Å². The number of methoxy groups -OCH3 is 1. The Balaban J connectivity index is 2.45. The number of carbonyl (C=O) groups excluding carboxylic acids is 1. The van der Waals surface area contributed by atoms with Crippen LogP contribution in [0, 0.1) is 0 Å². The van der Waals surface area contributed by atoms with Gasteiger partial charge < -0.3 is 24.6 Å². The van der Waals surface area contributed by atoms with Gasteiger partial charge in [-0.05, 0) is 31.8 Å². The predicted octanol–water partition coefficient (Wildman–Crippen LogP) is 1.72. The third-order valence-corrected chi connectivity index (χ3v) is 3.94. The van der Waals surface area contributed by atoms with Crippen molar-refractivity contribution < 1.29 is 29.3 Å². The molecule has 0 aromatic rings. The number of aliphatic hydroxyl groups is 1. The molecule has 142 valence electrons. The van der Waals surface area contributed by atoms with Crippen LogP contribution in [-0.2, 0) is 19.1 Å². The van der Waals surface area contributed by atoms with Crippen molar-refractivity contribution in [2.75, 3.05) is 26.9 Å². The van der Waals surface area contributed by atoms with Gasteiger partial charge in [0.25, 0.3) is 0 Å². The van der Waals surface area contributed by atoms with E-state index in [1.807, 2.05) is 6.08 Å². The highest BCUT2D eigenvalue weighted by Gasteiger charge is 2.25. The van der Waals surface area contributed by atoms with Gasteiger partial charge in [0.2, 0.25) is 5.91 Å². The van der Waals surface area contributed by atoms with Crippen LogP contribution in [0.4, 0.5) is 0 Å². The highest BCUT2D eigenvalue weighted by molar-refractivity contribution is 5.77.